The lowest BCUT2D eigenvalue weighted by Crippen LogP contribution is -2.30. The van der Waals surface area contributed by atoms with Crippen LogP contribution in [0, 0.1) is 24.3 Å². The van der Waals surface area contributed by atoms with E-state index in [4.69, 9.17) is 23.2 Å². The molecular formula is C41H40Cl2. The number of halogens is 2. The first kappa shape index (κ1) is 29.7. The van der Waals surface area contributed by atoms with E-state index in [0.29, 0.717) is 0 Å². The lowest BCUT2D eigenvalue weighted by molar-refractivity contribution is 0.579. The van der Waals surface area contributed by atoms with E-state index in [1.54, 1.807) is 0 Å². The van der Waals surface area contributed by atoms with Gasteiger partial charge in [0.1, 0.15) is 0 Å². The van der Waals surface area contributed by atoms with E-state index in [-0.39, 0.29) is 16.7 Å². The minimum Gasteiger partial charge on any atom is -0.0843 e. The molecule has 0 nitrogen and oxygen atoms in total. The fourth-order valence-electron chi connectivity index (χ4n) is 7.31. The molecule has 0 amide bonds. The van der Waals surface area contributed by atoms with Crippen LogP contribution in [0.2, 0.25) is 10.0 Å². The van der Waals surface area contributed by atoms with Gasteiger partial charge in [-0.2, -0.15) is 0 Å². The Hall–Kier alpha value is -3.32. The van der Waals surface area contributed by atoms with E-state index in [1.807, 2.05) is 24.3 Å². The summed E-state index contributed by atoms with van der Waals surface area (Å²) in [6, 6.07) is 21.5. The first-order valence-corrected chi connectivity index (χ1v) is 16.0. The van der Waals surface area contributed by atoms with E-state index in [9.17, 15) is 0 Å². The Morgan fingerprint density at radius 3 is 1.72 bits per heavy atom. The van der Waals surface area contributed by atoms with Crippen molar-refractivity contribution in [2.75, 3.05) is 0 Å². The summed E-state index contributed by atoms with van der Waals surface area (Å²) >= 11 is 12.9. The number of benzene rings is 4. The van der Waals surface area contributed by atoms with Gasteiger partial charge in [-0.1, -0.05) is 119 Å². The second-order valence-electron chi connectivity index (χ2n) is 14.2. The van der Waals surface area contributed by atoms with Crippen LogP contribution in [0.5, 0.6) is 0 Å². The zero-order chi connectivity index (χ0) is 30.8. The molecule has 0 N–H and O–H groups in total. The summed E-state index contributed by atoms with van der Waals surface area (Å²) in [7, 11) is 0. The highest BCUT2D eigenvalue weighted by atomic mass is 35.5. The maximum Gasteiger partial charge on any atom is 0.0406 e. The SMILES string of the molecule is Cc1cc2c(cc1C(C)(C)C)=c1c(c(C3C=CC=C3)c(C)c(C(C)(C)C)c1=C(c1ccc(Cl)cc1)c1ccc(Cl)cc1)C=2. The molecule has 4 aromatic carbocycles. The number of hydrogen-bond donors (Lipinski definition) is 0. The quantitative estimate of drug-likeness (QED) is 0.193. The zero-order valence-corrected chi connectivity index (χ0v) is 28.0. The molecule has 6 rings (SSSR count). The van der Waals surface area contributed by atoms with Crippen molar-refractivity contribution in [2.45, 2.75) is 72.1 Å². The van der Waals surface area contributed by atoms with Crippen LogP contribution in [0.4, 0.5) is 0 Å². The summed E-state index contributed by atoms with van der Waals surface area (Å²) in [4.78, 5) is 0. The average molecular weight is 604 g/mol. The van der Waals surface area contributed by atoms with Gasteiger partial charge in [0.25, 0.3) is 0 Å². The van der Waals surface area contributed by atoms with Crippen LogP contribution in [0.25, 0.3) is 11.6 Å². The summed E-state index contributed by atoms with van der Waals surface area (Å²) in [5.74, 6) is 0.243. The lowest BCUT2D eigenvalue weighted by atomic mass is 9.75. The first-order valence-electron chi connectivity index (χ1n) is 15.2. The van der Waals surface area contributed by atoms with E-state index in [1.165, 1.54) is 59.8 Å². The molecule has 0 aromatic heterocycles. The van der Waals surface area contributed by atoms with Crippen LogP contribution in [0.15, 0.2) is 85.0 Å². The Kier molecular flexibility index (Phi) is 7.39. The van der Waals surface area contributed by atoms with Crippen molar-refractivity contribution >= 4 is 34.9 Å². The third kappa shape index (κ3) is 5.24. The van der Waals surface area contributed by atoms with Crippen LogP contribution in [-0.4, -0.2) is 0 Å². The molecule has 43 heavy (non-hydrogen) atoms. The molecule has 0 bridgehead atoms. The Morgan fingerprint density at radius 1 is 0.698 bits per heavy atom. The van der Waals surface area contributed by atoms with Gasteiger partial charge in [-0.15, -0.1) is 0 Å². The van der Waals surface area contributed by atoms with E-state index in [0.717, 1.165) is 21.2 Å². The summed E-state index contributed by atoms with van der Waals surface area (Å²) in [5, 5.41) is 6.72. The van der Waals surface area contributed by atoms with Crippen molar-refractivity contribution < 1.29 is 0 Å². The molecule has 2 heteroatoms. The van der Waals surface area contributed by atoms with E-state index >= 15 is 0 Å². The number of hydrogen-bond acceptors (Lipinski definition) is 0. The molecule has 0 radical (unpaired) electrons. The summed E-state index contributed by atoms with van der Waals surface area (Å²) in [6.07, 6.45) is 11.5. The highest BCUT2D eigenvalue weighted by molar-refractivity contribution is 6.31. The average Bonchev–Trinajstić information content (AvgIpc) is 3.57. The van der Waals surface area contributed by atoms with Gasteiger partial charge in [-0.25, -0.2) is 0 Å². The maximum atomic E-state index is 6.44. The maximum absolute atomic E-state index is 6.44. The zero-order valence-electron chi connectivity index (χ0n) is 26.5. The van der Waals surface area contributed by atoms with Crippen molar-refractivity contribution in [3.05, 3.63) is 160 Å². The molecule has 218 valence electrons. The summed E-state index contributed by atoms with van der Waals surface area (Å²) in [6.45, 7) is 18.6. The standard InChI is InChI=1S/C41H40Cl2/c1-24-21-29-22-33-35(26-11-9-10-12-26)25(2)39(41(6,7)8)38(37(33)32(29)23-34(24)40(3,4)5)36(27-13-17-30(42)18-14-27)28-15-19-31(43)20-16-28/h9-23,26H,1-8H3. The lowest BCUT2D eigenvalue weighted by Gasteiger charge is -2.29. The van der Waals surface area contributed by atoms with Gasteiger partial charge < -0.3 is 0 Å². The van der Waals surface area contributed by atoms with Crippen LogP contribution in [-0.2, 0) is 10.8 Å². The second-order valence-corrected chi connectivity index (χ2v) is 15.0. The minimum absolute atomic E-state index is 0.0260. The van der Waals surface area contributed by atoms with Gasteiger partial charge in [-0.3, -0.25) is 0 Å². The van der Waals surface area contributed by atoms with Gasteiger partial charge >= 0.3 is 0 Å². The molecule has 2 aliphatic carbocycles. The normalized spacial score (nSPS) is 14.2. The monoisotopic (exact) mass is 602 g/mol. The van der Waals surface area contributed by atoms with Gasteiger partial charge in [0.05, 0.1) is 0 Å². The summed E-state index contributed by atoms with van der Waals surface area (Å²) < 4.78 is 0. The number of allylic oxidation sites excluding steroid dienone is 4. The third-order valence-electron chi connectivity index (χ3n) is 8.96. The van der Waals surface area contributed by atoms with Crippen LogP contribution < -0.4 is 10.4 Å². The minimum atomic E-state index is -0.125. The molecule has 0 spiro atoms. The Balaban J connectivity index is 2.00. The molecule has 0 heterocycles. The summed E-state index contributed by atoms with van der Waals surface area (Å²) in [5.41, 5.74) is 11.6. The second kappa shape index (κ2) is 10.7. The van der Waals surface area contributed by atoms with Crippen molar-refractivity contribution in [3.8, 4) is 0 Å². The highest BCUT2D eigenvalue weighted by Crippen LogP contribution is 2.38. The molecule has 2 aliphatic rings. The van der Waals surface area contributed by atoms with E-state index in [2.05, 4.69) is 122 Å². The number of aryl methyl sites for hydroxylation is 1. The Bertz CT molecular complexity index is 1980. The van der Waals surface area contributed by atoms with Crippen molar-refractivity contribution in [2.24, 2.45) is 0 Å². The first-order chi connectivity index (χ1) is 20.3. The van der Waals surface area contributed by atoms with Crippen LogP contribution in [0.1, 0.15) is 92.0 Å². The van der Waals surface area contributed by atoms with Gasteiger partial charge in [-0.05, 0) is 132 Å². The van der Waals surface area contributed by atoms with E-state index < -0.39 is 0 Å². The fourth-order valence-corrected chi connectivity index (χ4v) is 7.56. The van der Waals surface area contributed by atoms with Gasteiger partial charge in [0, 0.05) is 16.0 Å². The Morgan fingerprint density at radius 2 is 1.23 bits per heavy atom. The molecule has 0 saturated heterocycles. The molecule has 0 atom stereocenters. The van der Waals surface area contributed by atoms with Gasteiger partial charge in [0.2, 0.25) is 0 Å². The van der Waals surface area contributed by atoms with Crippen LogP contribution in [0.3, 0.4) is 0 Å². The topological polar surface area (TPSA) is 0 Å². The number of fused-ring (bicyclic) bond motifs is 2. The van der Waals surface area contributed by atoms with Crippen LogP contribution >= 0.6 is 23.2 Å². The smallest absolute Gasteiger partial charge is 0.0406 e. The van der Waals surface area contributed by atoms with Crippen molar-refractivity contribution in [3.63, 3.8) is 0 Å². The highest BCUT2D eigenvalue weighted by Gasteiger charge is 2.29. The molecule has 0 aliphatic heterocycles. The largest absolute Gasteiger partial charge is 0.0843 e. The molecule has 0 fully saturated rings. The molecule has 4 aromatic rings. The molecule has 0 unspecified atom stereocenters. The molecular weight excluding hydrogens is 563 g/mol. The van der Waals surface area contributed by atoms with Crippen molar-refractivity contribution in [1.29, 1.82) is 0 Å². The van der Waals surface area contributed by atoms with Crippen molar-refractivity contribution in [1.82, 2.24) is 0 Å². The van der Waals surface area contributed by atoms with Gasteiger partial charge in [0.15, 0.2) is 0 Å². The Labute approximate surface area is 266 Å². The number of rotatable bonds is 3. The molecule has 0 saturated carbocycles. The predicted octanol–water partition coefficient (Wildman–Crippen LogP) is 10.1. The third-order valence-corrected chi connectivity index (χ3v) is 9.46. The fraction of sp³-hybridized carbons (Fsp3) is 0.268. The predicted molar refractivity (Wildman–Crippen MR) is 186 cm³/mol.